The number of halogens is 1. The lowest BCUT2D eigenvalue weighted by atomic mass is 9.64. The molecule has 1 aliphatic carbocycles. The molecule has 2 aromatic carbocycles. The number of benzene rings is 2. The van der Waals surface area contributed by atoms with Gasteiger partial charge in [-0.3, -0.25) is 9.69 Å². The lowest BCUT2D eigenvalue weighted by molar-refractivity contribution is -0.132. The molecule has 0 saturated heterocycles. The van der Waals surface area contributed by atoms with Gasteiger partial charge in [0.2, 0.25) is 5.91 Å². The molecule has 4 rings (SSSR count). The summed E-state index contributed by atoms with van der Waals surface area (Å²) < 4.78 is 13.6. The molecule has 26 heavy (non-hydrogen) atoms. The highest BCUT2D eigenvalue weighted by Gasteiger charge is 2.46. The third kappa shape index (κ3) is 2.85. The van der Waals surface area contributed by atoms with Crippen LogP contribution in [0.3, 0.4) is 0 Å². The van der Waals surface area contributed by atoms with Gasteiger partial charge in [0.15, 0.2) is 0 Å². The van der Waals surface area contributed by atoms with Gasteiger partial charge >= 0.3 is 0 Å². The number of aromatic nitrogens is 1. The fourth-order valence-corrected chi connectivity index (χ4v) is 3.93. The molecule has 0 spiro atoms. The maximum Gasteiger partial charge on any atom is 0.234 e. The van der Waals surface area contributed by atoms with Crippen molar-refractivity contribution in [2.45, 2.75) is 25.7 Å². The van der Waals surface area contributed by atoms with Gasteiger partial charge in [0.1, 0.15) is 11.6 Å². The van der Waals surface area contributed by atoms with Crippen LogP contribution in [0.5, 0.6) is 0 Å². The van der Waals surface area contributed by atoms with E-state index in [9.17, 15) is 9.18 Å². The van der Waals surface area contributed by atoms with Crippen LogP contribution >= 0.6 is 0 Å². The Morgan fingerprint density at radius 3 is 2.69 bits per heavy atom. The van der Waals surface area contributed by atoms with Gasteiger partial charge in [-0.2, -0.15) is 0 Å². The molecule has 4 heteroatoms. The van der Waals surface area contributed by atoms with Crippen molar-refractivity contribution >= 4 is 22.5 Å². The van der Waals surface area contributed by atoms with Crippen molar-refractivity contribution in [1.29, 1.82) is 0 Å². The smallest absolute Gasteiger partial charge is 0.234 e. The Hall–Kier alpha value is -2.75. The third-order valence-corrected chi connectivity index (χ3v) is 5.47. The minimum Gasteiger partial charge on any atom is -0.299 e. The average molecular weight is 348 g/mol. The molecule has 3 nitrogen and oxygen atoms in total. The molecular formula is C22H21FN2O. The van der Waals surface area contributed by atoms with Crippen molar-refractivity contribution in [2.75, 3.05) is 11.9 Å². The fraction of sp³-hybridized carbons (Fsp3) is 0.273. The zero-order valence-electron chi connectivity index (χ0n) is 14.8. The fourth-order valence-electron chi connectivity index (χ4n) is 3.93. The highest BCUT2D eigenvalue weighted by atomic mass is 19.1. The van der Waals surface area contributed by atoms with Gasteiger partial charge in [-0.05, 0) is 48.4 Å². The van der Waals surface area contributed by atoms with E-state index in [4.69, 9.17) is 0 Å². The summed E-state index contributed by atoms with van der Waals surface area (Å²) in [5.41, 5.74) is 0.415. The molecule has 0 N–H and O–H groups in total. The Balaban J connectivity index is 1.66. The maximum absolute atomic E-state index is 13.6. The number of amides is 1. The van der Waals surface area contributed by atoms with Gasteiger partial charge in [-0.1, -0.05) is 42.8 Å². The summed E-state index contributed by atoms with van der Waals surface area (Å²) >= 11 is 0. The first-order chi connectivity index (χ1) is 12.6. The topological polar surface area (TPSA) is 33.2 Å². The molecular weight excluding hydrogens is 327 g/mol. The van der Waals surface area contributed by atoms with E-state index in [2.05, 4.69) is 4.98 Å². The van der Waals surface area contributed by atoms with E-state index in [1.807, 2.05) is 36.4 Å². The van der Waals surface area contributed by atoms with Gasteiger partial charge < -0.3 is 0 Å². The maximum atomic E-state index is 13.6. The second-order valence-electron chi connectivity index (χ2n) is 7.16. The molecule has 1 aromatic heterocycles. The quantitative estimate of drug-likeness (QED) is 0.682. The molecule has 1 saturated carbocycles. The zero-order valence-corrected chi connectivity index (χ0v) is 14.8. The van der Waals surface area contributed by atoms with Crippen LogP contribution in [0.1, 0.15) is 24.8 Å². The van der Waals surface area contributed by atoms with Crippen molar-refractivity contribution < 1.29 is 9.18 Å². The van der Waals surface area contributed by atoms with Crippen molar-refractivity contribution in [2.24, 2.45) is 5.41 Å². The molecule has 0 atom stereocenters. The lowest BCUT2D eigenvalue weighted by Crippen LogP contribution is -2.48. The third-order valence-electron chi connectivity index (χ3n) is 5.47. The number of rotatable bonds is 4. The summed E-state index contributed by atoms with van der Waals surface area (Å²) in [6, 6.07) is 16.5. The van der Waals surface area contributed by atoms with E-state index in [1.165, 1.54) is 12.1 Å². The first kappa shape index (κ1) is 16.7. The lowest BCUT2D eigenvalue weighted by Gasteiger charge is -2.42. The van der Waals surface area contributed by atoms with Gasteiger partial charge in [-0.15, -0.1) is 0 Å². The van der Waals surface area contributed by atoms with E-state index in [1.54, 1.807) is 24.2 Å². The number of hydrogen-bond donors (Lipinski definition) is 0. The van der Waals surface area contributed by atoms with Crippen LogP contribution in [-0.2, 0) is 11.2 Å². The zero-order chi connectivity index (χ0) is 18.1. The molecule has 1 aliphatic rings. The van der Waals surface area contributed by atoms with Gasteiger partial charge in [0.05, 0.1) is 5.41 Å². The molecule has 3 aromatic rings. The Bertz CT molecular complexity index is 960. The normalized spacial score (nSPS) is 15.5. The van der Waals surface area contributed by atoms with Crippen molar-refractivity contribution in [1.82, 2.24) is 4.98 Å². The number of anilines is 1. The number of carbonyl (C=O) groups is 1. The van der Waals surface area contributed by atoms with Crippen LogP contribution < -0.4 is 4.90 Å². The highest BCUT2D eigenvalue weighted by Crippen LogP contribution is 2.46. The number of fused-ring (bicyclic) bond motifs is 1. The van der Waals surface area contributed by atoms with E-state index in [0.717, 1.165) is 35.6 Å². The van der Waals surface area contributed by atoms with Crippen LogP contribution in [0.25, 0.3) is 10.8 Å². The van der Waals surface area contributed by atoms with E-state index in [-0.39, 0.29) is 11.7 Å². The minimum absolute atomic E-state index is 0.0665. The Kier molecular flexibility index (Phi) is 4.19. The molecule has 1 amide bonds. The molecule has 0 unspecified atom stereocenters. The van der Waals surface area contributed by atoms with Gasteiger partial charge in [0.25, 0.3) is 0 Å². The summed E-state index contributed by atoms with van der Waals surface area (Å²) in [5.74, 6) is 0.490. The summed E-state index contributed by atoms with van der Waals surface area (Å²) in [6.07, 6.45) is 4.99. The second kappa shape index (κ2) is 6.52. The highest BCUT2D eigenvalue weighted by molar-refractivity contribution is 6.04. The van der Waals surface area contributed by atoms with Crippen LogP contribution in [0.2, 0.25) is 0 Å². The number of hydrogen-bond acceptors (Lipinski definition) is 2. The molecule has 0 bridgehead atoms. The summed E-state index contributed by atoms with van der Waals surface area (Å²) in [5, 5.41) is 2.02. The van der Waals surface area contributed by atoms with E-state index >= 15 is 0 Å². The van der Waals surface area contributed by atoms with Crippen molar-refractivity contribution in [3.63, 3.8) is 0 Å². The molecule has 0 aliphatic heterocycles. The average Bonchev–Trinajstić information content (AvgIpc) is 2.63. The molecule has 132 valence electrons. The van der Waals surface area contributed by atoms with E-state index < -0.39 is 5.41 Å². The first-order valence-electron chi connectivity index (χ1n) is 8.95. The van der Waals surface area contributed by atoms with Crippen LogP contribution in [0, 0.1) is 11.2 Å². The SMILES string of the molecule is CN(C(=O)C1(Cc2cccc(F)c2)CCC1)c1nccc2ccccc12. The van der Waals surface area contributed by atoms with Gasteiger partial charge in [-0.25, -0.2) is 9.37 Å². The van der Waals surface area contributed by atoms with E-state index in [0.29, 0.717) is 12.2 Å². The summed E-state index contributed by atoms with van der Waals surface area (Å²) in [6.45, 7) is 0. The number of pyridine rings is 1. The first-order valence-corrected chi connectivity index (χ1v) is 8.95. The number of nitrogens with zero attached hydrogens (tertiary/aromatic N) is 2. The summed E-state index contributed by atoms with van der Waals surface area (Å²) in [4.78, 5) is 19.5. The molecule has 0 radical (unpaired) electrons. The minimum atomic E-state index is -0.457. The predicted octanol–water partition coefficient (Wildman–Crippen LogP) is 4.75. The number of carbonyl (C=O) groups excluding carboxylic acids is 1. The summed E-state index contributed by atoms with van der Waals surface area (Å²) in [7, 11) is 1.79. The molecule has 1 fully saturated rings. The van der Waals surface area contributed by atoms with Gasteiger partial charge in [0, 0.05) is 18.6 Å². The van der Waals surface area contributed by atoms with Crippen LogP contribution in [0.15, 0.2) is 60.8 Å². The Morgan fingerprint density at radius 2 is 1.96 bits per heavy atom. The van der Waals surface area contributed by atoms with Crippen LogP contribution in [-0.4, -0.2) is 17.9 Å². The monoisotopic (exact) mass is 348 g/mol. The second-order valence-corrected chi connectivity index (χ2v) is 7.16. The largest absolute Gasteiger partial charge is 0.299 e. The van der Waals surface area contributed by atoms with Crippen molar-refractivity contribution in [3.05, 3.63) is 72.2 Å². The predicted molar refractivity (Wildman–Crippen MR) is 102 cm³/mol. The Morgan fingerprint density at radius 1 is 1.15 bits per heavy atom. The molecule has 1 heterocycles. The Labute approximate surface area is 152 Å². The van der Waals surface area contributed by atoms with Crippen LogP contribution in [0.4, 0.5) is 10.2 Å². The van der Waals surface area contributed by atoms with Crippen molar-refractivity contribution in [3.8, 4) is 0 Å². The standard InChI is InChI=1S/C22H21FN2O/c1-25(20-19-9-3-2-7-17(19)10-13-24-20)21(26)22(11-5-12-22)15-16-6-4-8-18(23)14-16/h2-4,6-10,13-14H,5,11-12,15H2,1H3.